The van der Waals surface area contributed by atoms with Gasteiger partial charge in [0.1, 0.15) is 0 Å². The van der Waals surface area contributed by atoms with Crippen molar-refractivity contribution < 1.29 is 37.4 Å². The van der Waals surface area contributed by atoms with E-state index in [0.29, 0.717) is 0 Å². The summed E-state index contributed by atoms with van der Waals surface area (Å²) in [4.78, 5) is 0. The Balaban J connectivity index is -0.000000500. The predicted octanol–water partition coefficient (Wildman–Crippen LogP) is -1.74. The van der Waals surface area contributed by atoms with Crippen LogP contribution in [0, 0.1) is 0 Å². The molecule has 0 unspecified atom stereocenters. The number of hydrogen-bond acceptors (Lipinski definition) is 3. The molecule has 0 aliphatic rings. The van der Waals surface area contributed by atoms with E-state index in [4.69, 9.17) is 4.55 Å². The summed E-state index contributed by atoms with van der Waals surface area (Å²) in [5, 5.41) is 0. The van der Waals surface area contributed by atoms with E-state index in [1.165, 1.54) is 0 Å². The Kier molecular flexibility index (Phi) is 6.85. The standard InChI is InChI=1S/C5H14O4SSi.Li.H/c1-11(2,3)5-4-9-10(6,7)8;;/h4-5H2,1-3H3,(H,6,7,8);;/q;+1;-1. The van der Waals surface area contributed by atoms with E-state index in [1.54, 1.807) is 0 Å². The molecule has 7 heteroatoms. The molecule has 0 amide bonds. The van der Waals surface area contributed by atoms with Crippen LogP contribution < -0.4 is 18.9 Å². The Hall–Kier alpha value is 0.684. The van der Waals surface area contributed by atoms with Crippen LogP contribution in [0.2, 0.25) is 25.7 Å². The molecule has 0 fully saturated rings. The summed E-state index contributed by atoms with van der Waals surface area (Å²) < 4.78 is 32.5. The second kappa shape index (κ2) is 5.42. The van der Waals surface area contributed by atoms with Gasteiger partial charge in [-0.3, -0.25) is 4.55 Å². The Labute approximate surface area is 88.3 Å². The van der Waals surface area contributed by atoms with Gasteiger partial charge in [0.15, 0.2) is 0 Å². The third-order valence-corrected chi connectivity index (χ3v) is 3.25. The van der Waals surface area contributed by atoms with E-state index >= 15 is 0 Å². The predicted molar refractivity (Wildman–Crippen MR) is 46.8 cm³/mol. The molecule has 0 bridgehead atoms. The molecule has 12 heavy (non-hydrogen) atoms. The summed E-state index contributed by atoms with van der Waals surface area (Å²) in [5.41, 5.74) is 0. The zero-order valence-corrected chi connectivity index (χ0v) is 9.81. The zero-order valence-electron chi connectivity index (χ0n) is 8.99. The first-order valence-corrected chi connectivity index (χ1v) is 8.40. The first kappa shape index (κ1) is 15.2. The van der Waals surface area contributed by atoms with E-state index in [-0.39, 0.29) is 26.9 Å². The summed E-state index contributed by atoms with van der Waals surface area (Å²) >= 11 is 0. The number of hydrogen-bond donors (Lipinski definition) is 1. The second-order valence-corrected chi connectivity index (χ2v) is 10.3. The van der Waals surface area contributed by atoms with Gasteiger partial charge in [-0.2, -0.15) is 8.42 Å². The average Bonchev–Trinajstić information content (AvgIpc) is 1.55. The molecular weight excluding hydrogens is 191 g/mol. The molecular formula is C5H15LiO4SSi. The minimum atomic E-state index is -4.22. The topological polar surface area (TPSA) is 63.6 Å². The van der Waals surface area contributed by atoms with E-state index < -0.39 is 18.5 Å². The van der Waals surface area contributed by atoms with Gasteiger partial charge in [0.05, 0.1) is 6.61 Å². The summed E-state index contributed by atoms with van der Waals surface area (Å²) in [7, 11) is -5.48. The van der Waals surface area contributed by atoms with Crippen LogP contribution in [0.4, 0.5) is 0 Å². The van der Waals surface area contributed by atoms with Crippen molar-refractivity contribution in [3.8, 4) is 0 Å². The molecule has 0 saturated heterocycles. The Morgan fingerprint density at radius 1 is 1.42 bits per heavy atom. The van der Waals surface area contributed by atoms with Gasteiger partial charge in [-0.1, -0.05) is 19.6 Å². The summed E-state index contributed by atoms with van der Waals surface area (Å²) in [6.07, 6.45) is 0. The summed E-state index contributed by atoms with van der Waals surface area (Å²) in [6, 6.07) is 0.729. The Morgan fingerprint density at radius 3 is 2.08 bits per heavy atom. The van der Waals surface area contributed by atoms with Crippen molar-refractivity contribution in [1.29, 1.82) is 0 Å². The van der Waals surface area contributed by atoms with Gasteiger partial charge in [0.2, 0.25) is 0 Å². The minimum absolute atomic E-state index is 0. The van der Waals surface area contributed by atoms with Crippen molar-refractivity contribution in [2.75, 3.05) is 6.61 Å². The van der Waals surface area contributed by atoms with Crippen molar-refractivity contribution in [1.82, 2.24) is 0 Å². The molecule has 0 spiro atoms. The van der Waals surface area contributed by atoms with Crippen LogP contribution in [-0.2, 0) is 14.6 Å². The molecule has 0 radical (unpaired) electrons. The Morgan fingerprint density at radius 2 is 1.83 bits per heavy atom. The van der Waals surface area contributed by atoms with E-state index in [0.717, 1.165) is 6.04 Å². The van der Waals surface area contributed by atoms with Crippen LogP contribution in [0.3, 0.4) is 0 Å². The van der Waals surface area contributed by atoms with Crippen molar-refractivity contribution in [3.63, 3.8) is 0 Å². The molecule has 0 aromatic heterocycles. The van der Waals surface area contributed by atoms with Crippen molar-refractivity contribution in [2.24, 2.45) is 0 Å². The first-order valence-electron chi connectivity index (χ1n) is 3.32. The van der Waals surface area contributed by atoms with Crippen LogP contribution in [0.25, 0.3) is 0 Å². The van der Waals surface area contributed by atoms with Gasteiger partial charge in [-0.25, -0.2) is 4.18 Å². The van der Waals surface area contributed by atoms with E-state index in [9.17, 15) is 8.42 Å². The van der Waals surface area contributed by atoms with Crippen molar-refractivity contribution >= 4 is 18.5 Å². The smallest absolute Gasteiger partial charge is 1.00 e. The minimum Gasteiger partial charge on any atom is -1.00 e. The molecule has 0 rings (SSSR count). The molecule has 0 aromatic carbocycles. The maximum Gasteiger partial charge on any atom is 1.00 e. The average molecular weight is 206 g/mol. The van der Waals surface area contributed by atoms with Crippen LogP contribution in [0.15, 0.2) is 0 Å². The SMILES string of the molecule is C[Si](C)(C)CCOS(=O)(=O)O.[H-].[Li+]. The van der Waals surface area contributed by atoms with Crippen LogP contribution in [0.1, 0.15) is 1.43 Å². The molecule has 0 aliphatic heterocycles. The van der Waals surface area contributed by atoms with Gasteiger partial charge in [-0.15, -0.1) is 0 Å². The zero-order chi connectivity index (χ0) is 9.12. The molecule has 70 valence electrons. The van der Waals surface area contributed by atoms with Gasteiger partial charge in [0.25, 0.3) is 0 Å². The summed E-state index contributed by atoms with van der Waals surface area (Å²) in [6.45, 7) is 6.38. The van der Waals surface area contributed by atoms with Crippen molar-refractivity contribution in [2.45, 2.75) is 25.7 Å². The fourth-order valence-electron chi connectivity index (χ4n) is 0.453. The van der Waals surface area contributed by atoms with Gasteiger partial charge >= 0.3 is 29.3 Å². The molecule has 0 heterocycles. The van der Waals surface area contributed by atoms with Crippen LogP contribution in [-0.4, -0.2) is 27.7 Å². The molecule has 0 aliphatic carbocycles. The third-order valence-electron chi connectivity index (χ3n) is 1.08. The molecule has 0 atom stereocenters. The largest absolute Gasteiger partial charge is 1.00 e. The number of rotatable bonds is 4. The second-order valence-electron chi connectivity index (χ2n) is 3.56. The monoisotopic (exact) mass is 206 g/mol. The summed E-state index contributed by atoms with van der Waals surface area (Å²) in [5.74, 6) is 0. The van der Waals surface area contributed by atoms with Gasteiger partial charge in [0, 0.05) is 8.07 Å². The van der Waals surface area contributed by atoms with Gasteiger partial charge < -0.3 is 1.43 Å². The molecule has 0 saturated carbocycles. The van der Waals surface area contributed by atoms with Crippen LogP contribution >= 0.6 is 0 Å². The van der Waals surface area contributed by atoms with E-state index in [1.807, 2.05) is 0 Å². The fourth-order valence-corrected chi connectivity index (χ4v) is 1.61. The van der Waals surface area contributed by atoms with Crippen molar-refractivity contribution in [3.05, 3.63) is 0 Å². The normalized spacial score (nSPS) is 12.3. The maximum atomic E-state index is 10.1. The fraction of sp³-hybridized carbons (Fsp3) is 1.00. The molecule has 1 N–H and O–H groups in total. The quantitative estimate of drug-likeness (QED) is 0.438. The molecule has 4 nitrogen and oxygen atoms in total. The van der Waals surface area contributed by atoms with Gasteiger partial charge in [-0.05, 0) is 6.04 Å². The first-order chi connectivity index (χ1) is 4.71. The van der Waals surface area contributed by atoms with E-state index in [2.05, 4.69) is 23.8 Å². The van der Waals surface area contributed by atoms with Crippen LogP contribution in [0.5, 0.6) is 0 Å². The third kappa shape index (κ3) is 13.3. The maximum absolute atomic E-state index is 10.1. The Bertz CT molecular complexity index is 213. The molecule has 0 aromatic rings.